The van der Waals surface area contributed by atoms with Crippen molar-refractivity contribution >= 4 is 39.1 Å². The fraction of sp³-hybridized carbons (Fsp3) is 0.250. The summed E-state index contributed by atoms with van der Waals surface area (Å²) in [6, 6.07) is 12.3. The second-order valence-corrected chi connectivity index (χ2v) is 6.53. The van der Waals surface area contributed by atoms with E-state index in [1.165, 1.54) is 11.1 Å². The summed E-state index contributed by atoms with van der Waals surface area (Å²) in [5, 5.41) is 4.67. The van der Waals surface area contributed by atoms with Crippen molar-refractivity contribution in [2.45, 2.75) is 26.4 Å². The Morgan fingerprint density at radius 3 is 2.50 bits per heavy atom. The Balaban J connectivity index is 2.02. The summed E-state index contributed by atoms with van der Waals surface area (Å²) >= 11 is 15.5. The number of hydrogen-bond acceptors (Lipinski definition) is 1. The Labute approximate surface area is 138 Å². The third-order valence-corrected chi connectivity index (χ3v) is 4.89. The van der Waals surface area contributed by atoms with E-state index in [-0.39, 0.29) is 6.04 Å². The second kappa shape index (κ2) is 6.95. The Morgan fingerprint density at radius 2 is 1.85 bits per heavy atom. The minimum Gasteiger partial charge on any atom is -0.306 e. The van der Waals surface area contributed by atoms with Gasteiger partial charge in [0.1, 0.15) is 0 Å². The lowest BCUT2D eigenvalue weighted by Gasteiger charge is -2.15. The molecule has 1 unspecified atom stereocenters. The first kappa shape index (κ1) is 15.8. The molecule has 0 bridgehead atoms. The van der Waals surface area contributed by atoms with Crippen LogP contribution in [0.15, 0.2) is 40.9 Å². The van der Waals surface area contributed by atoms with Crippen LogP contribution in [0.4, 0.5) is 0 Å². The number of halogens is 3. The van der Waals surface area contributed by atoms with E-state index in [9.17, 15) is 0 Å². The lowest BCUT2D eigenvalue weighted by molar-refractivity contribution is 0.574. The molecule has 20 heavy (non-hydrogen) atoms. The van der Waals surface area contributed by atoms with Crippen molar-refractivity contribution in [1.29, 1.82) is 0 Å². The zero-order valence-electron chi connectivity index (χ0n) is 11.4. The smallest absolute Gasteiger partial charge is 0.0595 e. The van der Waals surface area contributed by atoms with Crippen LogP contribution in [0.5, 0.6) is 0 Å². The molecule has 2 aromatic rings. The third-order valence-electron chi connectivity index (χ3n) is 3.29. The van der Waals surface area contributed by atoms with Crippen LogP contribution in [0.2, 0.25) is 10.0 Å². The maximum absolute atomic E-state index is 6.05. The van der Waals surface area contributed by atoms with E-state index in [1.54, 1.807) is 0 Å². The molecule has 0 saturated heterocycles. The maximum atomic E-state index is 6.05. The second-order valence-electron chi connectivity index (χ2n) is 4.86. The van der Waals surface area contributed by atoms with Gasteiger partial charge in [0.25, 0.3) is 0 Å². The van der Waals surface area contributed by atoms with E-state index in [0.29, 0.717) is 10.0 Å². The molecule has 2 aromatic carbocycles. The molecule has 106 valence electrons. The Morgan fingerprint density at radius 1 is 1.10 bits per heavy atom. The minimum absolute atomic E-state index is 0.213. The van der Waals surface area contributed by atoms with Crippen molar-refractivity contribution < 1.29 is 0 Å². The topological polar surface area (TPSA) is 12.0 Å². The van der Waals surface area contributed by atoms with Crippen LogP contribution < -0.4 is 5.32 Å². The van der Waals surface area contributed by atoms with E-state index in [4.69, 9.17) is 23.2 Å². The highest BCUT2D eigenvalue weighted by atomic mass is 79.9. The number of aryl methyl sites for hydroxylation is 1. The van der Waals surface area contributed by atoms with Crippen molar-refractivity contribution in [1.82, 2.24) is 5.32 Å². The zero-order valence-corrected chi connectivity index (χ0v) is 14.5. The van der Waals surface area contributed by atoms with Gasteiger partial charge in [-0.25, -0.2) is 0 Å². The van der Waals surface area contributed by atoms with Gasteiger partial charge in [0.2, 0.25) is 0 Å². The molecule has 0 aliphatic heterocycles. The summed E-state index contributed by atoms with van der Waals surface area (Å²) in [7, 11) is 0. The highest BCUT2D eigenvalue weighted by molar-refractivity contribution is 9.10. The fourth-order valence-electron chi connectivity index (χ4n) is 1.92. The quantitative estimate of drug-likeness (QED) is 0.702. The van der Waals surface area contributed by atoms with Crippen molar-refractivity contribution in [3.8, 4) is 0 Å². The predicted octanol–water partition coefficient (Wildman–Crippen LogP) is 5.92. The van der Waals surface area contributed by atoms with Gasteiger partial charge in [-0.1, -0.05) is 57.3 Å². The number of rotatable bonds is 4. The van der Waals surface area contributed by atoms with Gasteiger partial charge in [-0.15, -0.1) is 0 Å². The Hall–Kier alpha value is -0.540. The molecular weight excluding hydrogens is 357 g/mol. The van der Waals surface area contributed by atoms with Gasteiger partial charge < -0.3 is 5.32 Å². The van der Waals surface area contributed by atoms with E-state index < -0.39 is 0 Å². The summed E-state index contributed by atoms with van der Waals surface area (Å²) in [5.74, 6) is 0. The van der Waals surface area contributed by atoms with Gasteiger partial charge in [0, 0.05) is 17.1 Å². The van der Waals surface area contributed by atoms with E-state index in [1.807, 2.05) is 18.2 Å². The summed E-state index contributed by atoms with van der Waals surface area (Å²) in [4.78, 5) is 0. The van der Waals surface area contributed by atoms with Gasteiger partial charge >= 0.3 is 0 Å². The molecule has 0 spiro atoms. The third kappa shape index (κ3) is 3.98. The van der Waals surface area contributed by atoms with Crippen molar-refractivity contribution in [3.63, 3.8) is 0 Å². The van der Waals surface area contributed by atoms with Crippen LogP contribution in [0.3, 0.4) is 0 Å². The Kier molecular flexibility index (Phi) is 5.50. The van der Waals surface area contributed by atoms with Gasteiger partial charge in [-0.2, -0.15) is 0 Å². The molecule has 2 rings (SSSR count). The first-order valence-electron chi connectivity index (χ1n) is 6.40. The monoisotopic (exact) mass is 371 g/mol. The first-order valence-corrected chi connectivity index (χ1v) is 7.95. The average Bonchev–Trinajstić information content (AvgIpc) is 2.43. The molecule has 0 aromatic heterocycles. The summed E-state index contributed by atoms with van der Waals surface area (Å²) in [6.07, 6.45) is 0. The maximum Gasteiger partial charge on any atom is 0.0595 e. The first-order chi connectivity index (χ1) is 9.47. The van der Waals surface area contributed by atoms with E-state index in [2.05, 4.69) is 53.3 Å². The Bertz CT molecular complexity index is 613. The molecule has 0 saturated carbocycles. The van der Waals surface area contributed by atoms with Crippen molar-refractivity contribution in [3.05, 3.63) is 67.6 Å². The van der Waals surface area contributed by atoms with Crippen molar-refractivity contribution in [2.24, 2.45) is 0 Å². The number of nitrogens with one attached hydrogen (secondary N) is 1. The van der Waals surface area contributed by atoms with Crippen molar-refractivity contribution in [2.75, 3.05) is 0 Å². The van der Waals surface area contributed by atoms with E-state index in [0.717, 1.165) is 16.6 Å². The van der Waals surface area contributed by atoms with Crippen LogP contribution in [0.25, 0.3) is 0 Å². The van der Waals surface area contributed by atoms with Crippen LogP contribution >= 0.6 is 39.1 Å². The minimum atomic E-state index is 0.213. The zero-order chi connectivity index (χ0) is 14.7. The summed E-state index contributed by atoms with van der Waals surface area (Å²) in [5.41, 5.74) is 3.62. The highest BCUT2D eigenvalue weighted by Gasteiger charge is 2.07. The molecule has 0 radical (unpaired) electrons. The number of hydrogen-bond donors (Lipinski definition) is 1. The molecule has 4 heteroatoms. The molecule has 0 heterocycles. The normalized spacial score (nSPS) is 12.4. The average molecular weight is 373 g/mol. The van der Waals surface area contributed by atoms with Crippen LogP contribution in [0, 0.1) is 6.92 Å². The van der Waals surface area contributed by atoms with Crippen LogP contribution in [-0.2, 0) is 6.54 Å². The van der Waals surface area contributed by atoms with Crippen LogP contribution in [0.1, 0.15) is 29.7 Å². The predicted molar refractivity (Wildman–Crippen MR) is 90.6 cm³/mol. The van der Waals surface area contributed by atoms with Gasteiger partial charge in [0.15, 0.2) is 0 Å². The lowest BCUT2D eigenvalue weighted by atomic mass is 10.1. The highest BCUT2D eigenvalue weighted by Crippen LogP contribution is 2.26. The molecular formula is C16H16BrCl2N. The van der Waals surface area contributed by atoms with Gasteiger partial charge in [-0.05, 0) is 48.7 Å². The molecule has 1 atom stereocenters. The summed E-state index contributed by atoms with van der Waals surface area (Å²) in [6.45, 7) is 5.00. The van der Waals surface area contributed by atoms with Crippen LogP contribution in [-0.4, -0.2) is 0 Å². The SMILES string of the molecule is Cc1ccc(CNC(C)c2ccc(Cl)c(Cl)c2)cc1Br. The standard InChI is InChI=1S/C16H16BrCl2N/c1-10-3-4-12(7-14(10)17)9-20-11(2)13-5-6-15(18)16(19)8-13/h3-8,11,20H,9H2,1-2H3. The molecule has 1 N–H and O–H groups in total. The summed E-state index contributed by atoms with van der Waals surface area (Å²) < 4.78 is 1.14. The molecule has 1 nitrogen and oxygen atoms in total. The molecule has 0 aliphatic rings. The molecule has 0 amide bonds. The largest absolute Gasteiger partial charge is 0.306 e. The molecule has 0 aliphatic carbocycles. The molecule has 0 fully saturated rings. The fourth-order valence-corrected chi connectivity index (χ4v) is 2.65. The lowest BCUT2D eigenvalue weighted by Crippen LogP contribution is -2.18. The number of benzene rings is 2. The van der Waals surface area contributed by atoms with E-state index >= 15 is 0 Å². The van der Waals surface area contributed by atoms with Gasteiger partial charge in [0.05, 0.1) is 10.0 Å². The van der Waals surface area contributed by atoms with Gasteiger partial charge in [-0.3, -0.25) is 0 Å².